The van der Waals surface area contributed by atoms with Crippen LogP contribution in [0.1, 0.15) is 38.9 Å². The summed E-state index contributed by atoms with van der Waals surface area (Å²) in [6, 6.07) is 53.7. The van der Waals surface area contributed by atoms with Gasteiger partial charge in [0.1, 0.15) is 11.5 Å². The van der Waals surface area contributed by atoms with Gasteiger partial charge in [-0.05, 0) is 145 Å². The number of benzene rings is 8. The molecule has 4 heterocycles. The zero-order chi connectivity index (χ0) is 47.5. The summed E-state index contributed by atoms with van der Waals surface area (Å²) in [5, 5.41) is 2.63. The van der Waals surface area contributed by atoms with Crippen LogP contribution in [0, 0.1) is 47.6 Å². The van der Waals surface area contributed by atoms with Gasteiger partial charge >= 0.3 is 27.2 Å². The first kappa shape index (κ1) is 44.9. The Morgan fingerprint density at radius 3 is 1.94 bits per heavy atom. The fraction of sp³-hybridized carbons (Fsp3) is 0.115. The molecule has 344 valence electrons. The largest absolute Gasteiger partial charge is 2.00 e. The monoisotopic (exact) mass is 1100 g/mol. The van der Waals surface area contributed by atoms with Gasteiger partial charge in [0.2, 0.25) is 0 Å². The second-order valence-electron chi connectivity index (χ2n) is 18.4. The zero-order valence-electron chi connectivity index (χ0n) is 39.2. The van der Waals surface area contributed by atoms with Gasteiger partial charge < -0.3 is 9.55 Å². The molecule has 0 aliphatic heterocycles. The second kappa shape index (κ2) is 16.9. The summed E-state index contributed by atoms with van der Waals surface area (Å²) in [5.41, 5.74) is 18.7. The summed E-state index contributed by atoms with van der Waals surface area (Å²) in [7, 11) is 0. The topological polar surface area (TPSA) is 49.7 Å². The third-order valence-electron chi connectivity index (χ3n) is 13.7. The number of halogens is 3. The van der Waals surface area contributed by atoms with Crippen molar-refractivity contribution in [2.75, 3.05) is 0 Å². The van der Waals surface area contributed by atoms with E-state index < -0.39 is 11.7 Å². The van der Waals surface area contributed by atoms with E-state index in [-0.39, 0.29) is 32.0 Å². The van der Waals surface area contributed by atoms with E-state index in [1.807, 2.05) is 59.3 Å². The van der Waals surface area contributed by atoms with Crippen molar-refractivity contribution < 1.29 is 34.2 Å². The Bertz CT molecular complexity index is 4030. The molecule has 0 saturated heterocycles. The molecular weight excluding hydrogens is 1050 g/mol. The molecule has 12 aromatic rings. The number of pyridine rings is 1. The smallest absolute Gasteiger partial charge is 0.656 e. The molecule has 4 aromatic heterocycles. The first-order chi connectivity index (χ1) is 33.3. The van der Waals surface area contributed by atoms with E-state index in [2.05, 4.69) is 119 Å². The van der Waals surface area contributed by atoms with E-state index in [1.165, 1.54) is 39.9 Å². The Balaban J connectivity index is 0.00000533. The van der Waals surface area contributed by atoms with Crippen molar-refractivity contribution in [3.63, 3.8) is 0 Å². The number of fused-ring (bicyclic) bond motifs is 7. The van der Waals surface area contributed by atoms with Crippen LogP contribution in [0.2, 0.25) is 0 Å². The molecule has 9 heteroatoms. The van der Waals surface area contributed by atoms with Crippen LogP contribution >= 0.6 is 0 Å². The minimum absolute atomic E-state index is 0. The van der Waals surface area contributed by atoms with Crippen molar-refractivity contribution in [2.24, 2.45) is 0 Å². The first-order valence-corrected chi connectivity index (χ1v) is 23.1. The van der Waals surface area contributed by atoms with Gasteiger partial charge in [-0.15, -0.1) is 34.8 Å². The Morgan fingerprint density at radius 2 is 1.23 bits per heavy atom. The fourth-order valence-electron chi connectivity index (χ4n) is 11.1. The number of alkyl halides is 3. The summed E-state index contributed by atoms with van der Waals surface area (Å²) in [6.07, 6.45) is -2.75. The maximum atomic E-state index is 14.8. The third kappa shape index (κ3) is 7.19. The average Bonchev–Trinajstić information content (AvgIpc) is 4.01. The van der Waals surface area contributed by atoms with Gasteiger partial charge in [0.25, 0.3) is 0 Å². The van der Waals surface area contributed by atoms with Gasteiger partial charge in [0.15, 0.2) is 0 Å². The van der Waals surface area contributed by atoms with Gasteiger partial charge in [-0.1, -0.05) is 113 Å². The molecule has 5 nitrogen and oxygen atoms in total. The number of para-hydroxylation sites is 3. The van der Waals surface area contributed by atoms with Crippen LogP contribution in [0.5, 0.6) is 0 Å². The van der Waals surface area contributed by atoms with Crippen molar-refractivity contribution in [1.29, 1.82) is 0 Å². The van der Waals surface area contributed by atoms with Gasteiger partial charge in [0, 0.05) is 28.2 Å². The van der Waals surface area contributed by atoms with E-state index in [0.717, 1.165) is 77.8 Å². The van der Waals surface area contributed by atoms with Crippen LogP contribution in [0.25, 0.3) is 111 Å². The van der Waals surface area contributed by atoms with E-state index in [1.54, 1.807) is 24.3 Å². The van der Waals surface area contributed by atoms with Crippen molar-refractivity contribution in [3.8, 4) is 56.1 Å². The number of imidazole rings is 1. The molecule has 0 N–H and O–H groups in total. The molecule has 0 aliphatic rings. The molecule has 0 aliphatic carbocycles. The van der Waals surface area contributed by atoms with Gasteiger partial charge in [-0.25, -0.2) is 9.97 Å². The number of nitrogens with zero attached hydrogens (tertiary/aromatic N) is 5. The molecule has 0 radical (unpaired) electrons. The summed E-state index contributed by atoms with van der Waals surface area (Å²) in [5.74, 6) is 0.480. The summed E-state index contributed by atoms with van der Waals surface area (Å²) in [4.78, 5) is 15.4. The van der Waals surface area contributed by atoms with Crippen molar-refractivity contribution in [2.45, 2.75) is 47.7 Å². The van der Waals surface area contributed by atoms with Gasteiger partial charge in [-0.3, -0.25) is 4.57 Å². The number of aromatic nitrogens is 5. The van der Waals surface area contributed by atoms with Gasteiger partial charge in [0.05, 0.1) is 22.1 Å². The molecule has 0 spiro atoms. The van der Waals surface area contributed by atoms with E-state index in [4.69, 9.17) is 15.0 Å². The van der Waals surface area contributed by atoms with Crippen LogP contribution < -0.4 is 4.98 Å². The molecule has 12 rings (SSSR count). The quantitative estimate of drug-likeness (QED) is 0.156. The number of rotatable bonds is 6. The minimum atomic E-state index is -4.59. The predicted octanol–water partition coefficient (Wildman–Crippen LogP) is 16.1. The average molecular weight is 1100 g/mol. The molecule has 0 bridgehead atoms. The van der Waals surface area contributed by atoms with Crippen LogP contribution in [0.3, 0.4) is 0 Å². The van der Waals surface area contributed by atoms with Crippen LogP contribution in [-0.4, -0.2) is 19.1 Å². The maximum Gasteiger partial charge on any atom is 2.00 e. The first-order valence-electron chi connectivity index (χ1n) is 23.1. The fourth-order valence-corrected chi connectivity index (χ4v) is 11.1. The number of hydrogen-bond donors (Lipinski definition) is 0. The Hall–Kier alpha value is -7.54. The molecular formula is C61H44F3N5Pt. The summed E-state index contributed by atoms with van der Waals surface area (Å²) in [6.45, 7) is 12.9. The molecule has 0 amide bonds. The second-order valence-corrected chi connectivity index (χ2v) is 18.4. The molecule has 70 heavy (non-hydrogen) atoms. The minimum Gasteiger partial charge on any atom is -0.656 e. The van der Waals surface area contributed by atoms with Crippen molar-refractivity contribution >= 4 is 54.8 Å². The zero-order valence-corrected chi connectivity index (χ0v) is 41.5. The van der Waals surface area contributed by atoms with Crippen molar-refractivity contribution in [1.82, 2.24) is 24.1 Å². The molecule has 0 fully saturated rings. The number of aryl methyl sites for hydroxylation is 6. The van der Waals surface area contributed by atoms with Crippen LogP contribution in [0.15, 0.2) is 158 Å². The van der Waals surface area contributed by atoms with E-state index in [0.29, 0.717) is 27.8 Å². The Labute approximate surface area is 417 Å². The third-order valence-corrected chi connectivity index (χ3v) is 13.7. The van der Waals surface area contributed by atoms with Crippen molar-refractivity contribution in [3.05, 3.63) is 203 Å². The maximum absolute atomic E-state index is 14.8. The Morgan fingerprint density at radius 1 is 0.557 bits per heavy atom. The summed E-state index contributed by atoms with van der Waals surface area (Å²) >= 11 is 0. The molecule has 0 atom stereocenters. The predicted molar refractivity (Wildman–Crippen MR) is 276 cm³/mol. The van der Waals surface area contributed by atoms with E-state index >= 15 is 0 Å². The van der Waals surface area contributed by atoms with E-state index in [9.17, 15) is 13.2 Å². The van der Waals surface area contributed by atoms with Crippen LogP contribution in [0.4, 0.5) is 13.2 Å². The standard InChI is InChI=1S/C61H44F3N5.Pt/c1-34-26-36(3)54(37(4)27-34)40-21-24-52-49(33-40)46-18-13-25-65-59(46)69(52)44-31-41(30-42(32-44)55-38(5)28-35(2)29-39(55)6)45-17-12-20-53-57(45)67-60(68(53)43-14-8-7-9-15-43)48-22-23-50(61(62,63)64)56-47-16-10-11-19-51(47)66-58(48)56;/h7-30,32-33H,1-6H3;/q-2;+2. The molecule has 0 saturated carbocycles. The summed E-state index contributed by atoms with van der Waals surface area (Å²) < 4.78 is 48.7. The normalized spacial score (nSPS) is 12.0. The molecule has 8 aromatic carbocycles. The number of hydrogen-bond acceptors (Lipinski definition) is 2. The van der Waals surface area contributed by atoms with Crippen LogP contribution in [-0.2, 0) is 27.2 Å². The SMILES string of the molecule is Cc1cc(C)c(-c2cc(-c3cccc4c3nc(-c3ccc(C(F)(F)F)c5c3[n-]c3ccccc35)n4-c3ccccc3)[c-]c(-n3c4ccc(-c5c(C)cc(C)cc5C)cc4c4cccnc43)c2)c(C)c1.[Pt+2]. The Kier molecular flexibility index (Phi) is 10.8. The molecule has 0 unspecified atom stereocenters. The van der Waals surface area contributed by atoms with Gasteiger partial charge in [-0.2, -0.15) is 13.2 Å².